The lowest BCUT2D eigenvalue weighted by molar-refractivity contribution is -0.137. The minimum Gasteiger partial charge on any atom is -0.496 e. The summed E-state index contributed by atoms with van der Waals surface area (Å²) in [4.78, 5) is 13.0. The van der Waals surface area contributed by atoms with E-state index in [0.29, 0.717) is 6.04 Å². The van der Waals surface area contributed by atoms with Crippen molar-refractivity contribution in [3.8, 4) is 5.75 Å². The molecule has 0 unspecified atom stereocenters. The fraction of sp³-hybridized carbons (Fsp3) is 0.562. The van der Waals surface area contributed by atoms with E-state index in [9.17, 15) is 4.79 Å². The molecule has 1 aromatic rings. The molecule has 2 rings (SSSR count). The van der Waals surface area contributed by atoms with Crippen molar-refractivity contribution >= 4 is 5.97 Å². The largest absolute Gasteiger partial charge is 0.496 e. The van der Waals surface area contributed by atoms with Gasteiger partial charge in [-0.05, 0) is 50.4 Å². The number of hydrogen-bond donors (Lipinski definition) is 1. The predicted molar refractivity (Wildman–Crippen MR) is 78.2 cm³/mol. The van der Waals surface area contributed by atoms with Crippen LogP contribution in [0.2, 0.25) is 0 Å². The van der Waals surface area contributed by atoms with E-state index < -0.39 is 5.97 Å². The summed E-state index contributed by atoms with van der Waals surface area (Å²) in [6, 6.07) is 8.66. The van der Waals surface area contributed by atoms with E-state index in [0.717, 1.165) is 31.7 Å². The Labute approximate surface area is 120 Å². The zero-order valence-corrected chi connectivity index (χ0v) is 12.0. The number of hydrogen-bond acceptors (Lipinski definition) is 3. The summed E-state index contributed by atoms with van der Waals surface area (Å²) < 4.78 is 5.41. The van der Waals surface area contributed by atoms with E-state index in [2.05, 4.69) is 11.0 Å². The number of rotatable bonds is 7. The standard InChI is InChI=1S/C16H23NO3/c1-20-15-8-3-2-6-13(15)12-14-7-4-10-17(14)11-5-9-16(18)19/h2-3,6,8,14H,4-5,7,9-12H2,1H3,(H,18,19)/t14-/m0/s1. The first-order chi connectivity index (χ1) is 9.70. The second-order valence-corrected chi connectivity index (χ2v) is 5.35. The van der Waals surface area contributed by atoms with Crippen LogP contribution in [0.4, 0.5) is 0 Å². The van der Waals surface area contributed by atoms with Crippen LogP contribution in [0.5, 0.6) is 5.75 Å². The summed E-state index contributed by atoms with van der Waals surface area (Å²) in [7, 11) is 1.71. The molecule has 0 spiro atoms. The quantitative estimate of drug-likeness (QED) is 0.832. The molecule has 1 aliphatic heterocycles. The first-order valence-electron chi connectivity index (χ1n) is 7.28. The molecule has 0 aromatic heterocycles. The molecular formula is C16H23NO3. The van der Waals surface area contributed by atoms with Gasteiger partial charge in [-0.25, -0.2) is 0 Å². The fourth-order valence-electron chi connectivity index (χ4n) is 2.98. The second kappa shape index (κ2) is 7.29. The van der Waals surface area contributed by atoms with Crippen LogP contribution in [0.25, 0.3) is 0 Å². The predicted octanol–water partition coefficient (Wildman–Crippen LogP) is 2.57. The number of aliphatic carboxylic acids is 1. The van der Waals surface area contributed by atoms with E-state index in [4.69, 9.17) is 9.84 Å². The van der Waals surface area contributed by atoms with Gasteiger partial charge >= 0.3 is 5.97 Å². The SMILES string of the molecule is COc1ccccc1C[C@@H]1CCCN1CCCC(=O)O. The average Bonchev–Trinajstić information content (AvgIpc) is 2.86. The second-order valence-electron chi connectivity index (χ2n) is 5.35. The molecule has 4 nitrogen and oxygen atoms in total. The number of ether oxygens (including phenoxy) is 1. The van der Waals surface area contributed by atoms with Gasteiger partial charge in [-0.1, -0.05) is 18.2 Å². The molecule has 0 radical (unpaired) electrons. The molecule has 1 aliphatic rings. The van der Waals surface area contributed by atoms with Gasteiger partial charge in [0.1, 0.15) is 5.75 Å². The Balaban J connectivity index is 1.92. The Morgan fingerprint density at radius 3 is 3.00 bits per heavy atom. The molecule has 0 aliphatic carbocycles. The summed E-state index contributed by atoms with van der Waals surface area (Å²) in [5.41, 5.74) is 1.24. The number of benzene rings is 1. The molecule has 1 atom stereocenters. The maximum atomic E-state index is 10.6. The Morgan fingerprint density at radius 2 is 2.25 bits per heavy atom. The number of carboxylic acid groups (broad SMARTS) is 1. The average molecular weight is 277 g/mol. The molecule has 1 fully saturated rings. The van der Waals surface area contributed by atoms with E-state index in [1.807, 2.05) is 18.2 Å². The minimum atomic E-state index is -0.703. The van der Waals surface area contributed by atoms with Crippen LogP contribution >= 0.6 is 0 Å². The normalized spacial score (nSPS) is 19.1. The maximum Gasteiger partial charge on any atom is 0.303 e. The highest BCUT2D eigenvalue weighted by Crippen LogP contribution is 2.26. The molecule has 110 valence electrons. The first kappa shape index (κ1) is 14.9. The van der Waals surface area contributed by atoms with Crippen LogP contribution in [0.15, 0.2) is 24.3 Å². The van der Waals surface area contributed by atoms with Gasteiger partial charge in [-0.2, -0.15) is 0 Å². The van der Waals surface area contributed by atoms with Gasteiger partial charge in [-0.3, -0.25) is 4.79 Å². The molecule has 1 N–H and O–H groups in total. The Bertz CT molecular complexity index is 447. The third kappa shape index (κ3) is 3.97. The van der Waals surface area contributed by atoms with Crippen molar-refractivity contribution in [2.24, 2.45) is 0 Å². The van der Waals surface area contributed by atoms with Gasteiger partial charge in [0.15, 0.2) is 0 Å². The highest BCUT2D eigenvalue weighted by atomic mass is 16.5. The van der Waals surface area contributed by atoms with Crippen LogP contribution in [0.1, 0.15) is 31.2 Å². The van der Waals surface area contributed by atoms with Crippen LogP contribution < -0.4 is 4.74 Å². The number of carboxylic acids is 1. The van der Waals surface area contributed by atoms with Crippen LogP contribution in [0, 0.1) is 0 Å². The van der Waals surface area contributed by atoms with E-state index >= 15 is 0 Å². The highest BCUT2D eigenvalue weighted by Gasteiger charge is 2.25. The summed E-state index contributed by atoms with van der Waals surface area (Å²) in [5, 5.41) is 8.72. The van der Waals surface area contributed by atoms with Crippen molar-refractivity contribution in [1.82, 2.24) is 4.90 Å². The van der Waals surface area contributed by atoms with Crippen molar-refractivity contribution in [1.29, 1.82) is 0 Å². The van der Waals surface area contributed by atoms with E-state index in [-0.39, 0.29) is 6.42 Å². The van der Waals surface area contributed by atoms with Crippen molar-refractivity contribution in [3.63, 3.8) is 0 Å². The molecule has 1 aromatic carbocycles. The molecule has 1 saturated heterocycles. The van der Waals surface area contributed by atoms with Gasteiger partial charge in [-0.15, -0.1) is 0 Å². The van der Waals surface area contributed by atoms with Crippen molar-refractivity contribution < 1.29 is 14.6 Å². The smallest absolute Gasteiger partial charge is 0.303 e. The molecule has 20 heavy (non-hydrogen) atoms. The Morgan fingerprint density at radius 1 is 1.45 bits per heavy atom. The first-order valence-corrected chi connectivity index (χ1v) is 7.28. The lowest BCUT2D eigenvalue weighted by atomic mass is 10.0. The van der Waals surface area contributed by atoms with Crippen LogP contribution in [-0.2, 0) is 11.2 Å². The highest BCUT2D eigenvalue weighted by molar-refractivity contribution is 5.66. The Hall–Kier alpha value is -1.55. The summed E-state index contributed by atoms with van der Waals surface area (Å²) in [5.74, 6) is 0.246. The monoisotopic (exact) mass is 277 g/mol. The van der Waals surface area contributed by atoms with Crippen LogP contribution in [0.3, 0.4) is 0 Å². The number of para-hydroxylation sites is 1. The van der Waals surface area contributed by atoms with Crippen molar-refractivity contribution in [3.05, 3.63) is 29.8 Å². The molecule has 0 saturated carbocycles. The molecule has 1 heterocycles. The van der Waals surface area contributed by atoms with Gasteiger partial charge in [0.2, 0.25) is 0 Å². The molecule has 4 heteroatoms. The number of carbonyl (C=O) groups is 1. The summed E-state index contributed by atoms with van der Waals surface area (Å²) in [6.07, 6.45) is 4.37. The molecule has 0 bridgehead atoms. The van der Waals surface area contributed by atoms with E-state index in [1.54, 1.807) is 7.11 Å². The van der Waals surface area contributed by atoms with Crippen molar-refractivity contribution in [2.75, 3.05) is 20.2 Å². The van der Waals surface area contributed by atoms with Gasteiger partial charge in [0, 0.05) is 12.5 Å². The van der Waals surface area contributed by atoms with Crippen LogP contribution in [-0.4, -0.2) is 42.2 Å². The summed E-state index contributed by atoms with van der Waals surface area (Å²) in [6.45, 7) is 1.96. The number of methoxy groups -OCH3 is 1. The number of nitrogens with zero attached hydrogens (tertiary/aromatic N) is 1. The Kier molecular flexibility index (Phi) is 5.41. The summed E-state index contributed by atoms with van der Waals surface area (Å²) >= 11 is 0. The van der Waals surface area contributed by atoms with Gasteiger partial charge in [0.25, 0.3) is 0 Å². The molecular weight excluding hydrogens is 254 g/mol. The molecule has 0 amide bonds. The van der Waals surface area contributed by atoms with Gasteiger partial charge < -0.3 is 14.7 Å². The lowest BCUT2D eigenvalue weighted by Gasteiger charge is -2.24. The topological polar surface area (TPSA) is 49.8 Å². The van der Waals surface area contributed by atoms with Crippen molar-refractivity contribution in [2.45, 2.75) is 38.1 Å². The maximum absolute atomic E-state index is 10.6. The zero-order chi connectivity index (χ0) is 14.4. The van der Waals surface area contributed by atoms with Gasteiger partial charge in [0.05, 0.1) is 7.11 Å². The third-order valence-electron chi connectivity index (χ3n) is 3.98. The van der Waals surface area contributed by atoms with E-state index in [1.165, 1.54) is 18.4 Å². The number of likely N-dealkylation sites (tertiary alicyclic amines) is 1. The third-order valence-corrected chi connectivity index (χ3v) is 3.98. The zero-order valence-electron chi connectivity index (χ0n) is 12.0. The lowest BCUT2D eigenvalue weighted by Crippen LogP contribution is -2.32. The minimum absolute atomic E-state index is 0.262. The fourth-order valence-corrected chi connectivity index (χ4v) is 2.98.